The number of halogens is 1. The fourth-order valence-corrected chi connectivity index (χ4v) is 3.28. The Morgan fingerprint density at radius 2 is 1.74 bits per heavy atom. The number of aromatic nitrogens is 2. The van der Waals surface area contributed by atoms with Crippen molar-refractivity contribution in [3.05, 3.63) is 69.1 Å². The van der Waals surface area contributed by atoms with E-state index in [1.165, 1.54) is 5.56 Å². The summed E-state index contributed by atoms with van der Waals surface area (Å²) >= 11 is 2.16. The Balaban J connectivity index is 1.72. The van der Waals surface area contributed by atoms with Crippen LogP contribution in [0.4, 0.5) is 0 Å². The number of rotatable bonds is 4. The zero-order valence-corrected chi connectivity index (χ0v) is 18.0. The van der Waals surface area contributed by atoms with Crippen LogP contribution in [0, 0.1) is 3.57 Å². The molecule has 0 fully saturated rings. The molecule has 5 nitrogen and oxygen atoms in total. The van der Waals surface area contributed by atoms with Gasteiger partial charge in [0, 0.05) is 16.2 Å². The number of nitrogens with zero attached hydrogens (tertiary/aromatic N) is 3. The average Bonchev–Trinajstić information content (AvgIpc) is 3.09. The molecule has 0 aliphatic heterocycles. The average molecular weight is 475 g/mol. The van der Waals surface area contributed by atoms with Gasteiger partial charge in [0.2, 0.25) is 11.8 Å². The minimum absolute atomic E-state index is 0.0747. The maximum absolute atomic E-state index is 12.6. The molecule has 0 aliphatic carbocycles. The topological polar surface area (TPSA) is 59.2 Å². The number of hydrogen-bond donors (Lipinski definition) is 0. The van der Waals surface area contributed by atoms with Gasteiger partial charge in [-0.3, -0.25) is 4.79 Å². The monoisotopic (exact) mass is 475 g/mol. The SMILES string of the molecule is CN(Cc1nnc(-c2ccc(C(C)(C)C)cc2)o1)C(=O)c1ccccc1I. The van der Waals surface area contributed by atoms with E-state index in [0.717, 1.165) is 9.13 Å². The van der Waals surface area contributed by atoms with Gasteiger partial charge in [-0.25, -0.2) is 0 Å². The molecule has 0 spiro atoms. The van der Waals surface area contributed by atoms with Gasteiger partial charge >= 0.3 is 0 Å². The zero-order chi connectivity index (χ0) is 19.6. The second-order valence-corrected chi connectivity index (χ2v) is 8.63. The molecule has 0 aliphatic rings. The van der Waals surface area contributed by atoms with E-state index in [-0.39, 0.29) is 17.9 Å². The summed E-state index contributed by atoms with van der Waals surface area (Å²) in [6.45, 7) is 6.78. The first-order valence-corrected chi connectivity index (χ1v) is 9.77. The first-order valence-electron chi connectivity index (χ1n) is 8.69. The Kier molecular flexibility index (Phi) is 5.64. The third kappa shape index (κ3) is 4.55. The Morgan fingerprint density at radius 3 is 2.37 bits per heavy atom. The van der Waals surface area contributed by atoms with Crippen LogP contribution >= 0.6 is 22.6 Å². The lowest BCUT2D eigenvalue weighted by Crippen LogP contribution is -2.27. The number of amides is 1. The Bertz CT molecular complexity index is 943. The molecule has 6 heteroatoms. The van der Waals surface area contributed by atoms with Crippen LogP contribution in [-0.4, -0.2) is 28.1 Å². The summed E-state index contributed by atoms with van der Waals surface area (Å²) in [6, 6.07) is 15.6. The predicted octanol–water partition coefficient (Wildman–Crippen LogP) is 4.91. The smallest absolute Gasteiger partial charge is 0.255 e. The fraction of sp³-hybridized carbons (Fsp3) is 0.286. The lowest BCUT2D eigenvalue weighted by Gasteiger charge is -2.18. The number of benzene rings is 2. The lowest BCUT2D eigenvalue weighted by molar-refractivity contribution is 0.0772. The Morgan fingerprint density at radius 1 is 1.07 bits per heavy atom. The van der Waals surface area contributed by atoms with E-state index < -0.39 is 0 Å². The molecule has 0 N–H and O–H groups in total. The molecule has 3 aromatic rings. The summed E-state index contributed by atoms with van der Waals surface area (Å²) in [7, 11) is 1.73. The van der Waals surface area contributed by atoms with E-state index in [2.05, 4.69) is 65.7 Å². The maximum Gasteiger partial charge on any atom is 0.255 e. The number of carbonyl (C=O) groups excluding carboxylic acids is 1. The van der Waals surface area contributed by atoms with Gasteiger partial charge in [-0.1, -0.05) is 45.0 Å². The van der Waals surface area contributed by atoms with Crippen molar-refractivity contribution in [3.8, 4) is 11.5 Å². The van der Waals surface area contributed by atoms with Crippen molar-refractivity contribution in [2.24, 2.45) is 0 Å². The van der Waals surface area contributed by atoms with Gasteiger partial charge in [0.1, 0.15) is 0 Å². The number of carbonyl (C=O) groups is 1. The molecule has 0 atom stereocenters. The summed E-state index contributed by atoms with van der Waals surface area (Å²) in [5, 5.41) is 8.21. The normalized spacial score (nSPS) is 11.4. The van der Waals surface area contributed by atoms with Crippen LogP contribution < -0.4 is 0 Å². The minimum atomic E-state index is -0.0747. The molecule has 0 saturated heterocycles. The van der Waals surface area contributed by atoms with E-state index in [4.69, 9.17) is 4.42 Å². The van der Waals surface area contributed by atoms with Gasteiger partial charge in [-0.15, -0.1) is 10.2 Å². The molecule has 0 radical (unpaired) electrons. The first-order chi connectivity index (χ1) is 12.8. The summed E-state index contributed by atoms with van der Waals surface area (Å²) < 4.78 is 6.68. The van der Waals surface area contributed by atoms with Gasteiger partial charge in [0.15, 0.2) is 0 Å². The highest BCUT2D eigenvalue weighted by Gasteiger charge is 2.18. The van der Waals surface area contributed by atoms with E-state index in [1.807, 2.05) is 36.4 Å². The largest absolute Gasteiger partial charge is 0.419 e. The Labute approximate surface area is 172 Å². The van der Waals surface area contributed by atoms with Crippen LogP contribution in [0.25, 0.3) is 11.5 Å². The first kappa shape index (κ1) is 19.5. The second kappa shape index (κ2) is 7.80. The molecule has 1 heterocycles. The standard InChI is InChI=1S/C21H22IN3O2/c1-21(2,3)15-11-9-14(10-12-15)19-24-23-18(27-19)13-25(4)20(26)16-7-5-6-8-17(16)22/h5-12H,13H2,1-4H3. The van der Waals surface area contributed by atoms with Gasteiger partial charge in [0.05, 0.1) is 12.1 Å². The molecule has 27 heavy (non-hydrogen) atoms. The minimum Gasteiger partial charge on any atom is -0.419 e. The highest BCUT2D eigenvalue weighted by molar-refractivity contribution is 14.1. The van der Waals surface area contributed by atoms with Crippen LogP contribution in [-0.2, 0) is 12.0 Å². The van der Waals surface area contributed by atoms with Crippen LogP contribution in [0.15, 0.2) is 52.9 Å². The second-order valence-electron chi connectivity index (χ2n) is 7.47. The molecule has 140 valence electrons. The quantitative estimate of drug-likeness (QED) is 0.504. The van der Waals surface area contributed by atoms with Crippen molar-refractivity contribution in [2.75, 3.05) is 7.05 Å². The van der Waals surface area contributed by atoms with E-state index in [1.54, 1.807) is 11.9 Å². The van der Waals surface area contributed by atoms with Crippen molar-refractivity contribution in [1.82, 2.24) is 15.1 Å². The molecule has 0 saturated carbocycles. The highest BCUT2D eigenvalue weighted by atomic mass is 127. The highest BCUT2D eigenvalue weighted by Crippen LogP contribution is 2.25. The molecule has 2 aromatic carbocycles. The molecular weight excluding hydrogens is 453 g/mol. The predicted molar refractivity (Wildman–Crippen MR) is 113 cm³/mol. The molecule has 1 aromatic heterocycles. The zero-order valence-electron chi connectivity index (χ0n) is 15.9. The molecule has 1 amide bonds. The summed E-state index contributed by atoms with van der Waals surface area (Å²) in [5.41, 5.74) is 2.87. The third-order valence-electron chi connectivity index (χ3n) is 4.29. The Hall–Kier alpha value is -2.22. The van der Waals surface area contributed by atoms with Crippen LogP contribution in [0.5, 0.6) is 0 Å². The van der Waals surface area contributed by atoms with Crippen LogP contribution in [0.1, 0.15) is 42.6 Å². The van der Waals surface area contributed by atoms with E-state index in [0.29, 0.717) is 17.3 Å². The van der Waals surface area contributed by atoms with Crippen molar-refractivity contribution < 1.29 is 9.21 Å². The molecular formula is C21H22IN3O2. The fourth-order valence-electron chi connectivity index (χ4n) is 2.66. The molecule has 0 unspecified atom stereocenters. The van der Waals surface area contributed by atoms with Gasteiger partial charge < -0.3 is 9.32 Å². The lowest BCUT2D eigenvalue weighted by atomic mass is 9.87. The summed E-state index contributed by atoms with van der Waals surface area (Å²) in [4.78, 5) is 14.2. The van der Waals surface area contributed by atoms with Crippen molar-refractivity contribution in [3.63, 3.8) is 0 Å². The summed E-state index contributed by atoms with van der Waals surface area (Å²) in [6.07, 6.45) is 0. The molecule has 3 rings (SSSR count). The van der Waals surface area contributed by atoms with Gasteiger partial charge in [-0.2, -0.15) is 0 Å². The van der Waals surface area contributed by atoms with Crippen molar-refractivity contribution >= 4 is 28.5 Å². The number of hydrogen-bond acceptors (Lipinski definition) is 4. The maximum atomic E-state index is 12.6. The summed E-state index contributed by atoms with van der Waals surface area (Å²) in [5.74, 6) is 0.793. The third-order valence-corrected chi connectivity index (χ3v) is 5.23. The molecule has 0 bridgehead atoms. The van der Waals surface area contributed by atoms with Gasteiger partial charge in [0.25, 0.3) is 5.91 Å². The van der Waals surface area contributed by atoms with Crippen LogP contribution in [0.2, 0.25) is 0 Å². The van der Waals surface area contributed by atoms with Crippen molar-refractivity contribution in [1.29, 1.82) is 0 Å². The van der Waals surface area contributed by atoms with Gasteiger partial charge in [-0.05, 0) is 57.8 Å². The van der Waals surface area contributed by atoms with E-state index in [9.17, 15) is 4.79 Å². The van der Waals surface area contributed by atoms with Crippen molar-refractivity contribution in [2.45, 2.75) is 32.7 Å². The van der Waals surface area contributed by atoms with E-state index >= 15 is 0 Å². The van der Waals surface area contributed by atoms with Crippen LogP contribution in [0.3, 0.4) is 0 Å².